The third-order valence-electron chi connectivity index (χ3n) is 4.83. The lowest BCUT2D eigenvalue weighted by molar-refractivity contribution is -0.150. The minimum absolute atomic E-state index is 0.0674. The van der Waals surface area contributed by atoms with Gasteiger partial charge in [0.25, 0.3) is 0 Å². The van der Waals surface area contributed by atoms with Crippen LogP contribution in [0.3, 0.4) is 0 Å². The Morgan fingerprint density at radius 2 is 1.77 bits per heavy atom. The monoisotopic (exact) mass is 434 g/mol. The van der Waals surface area contributed by atoms with E-state index in [0.29, 0.717) is 6.42 Å². The van der Waals surface area contributed by atoms with Crippen molar-refractivity contribution < 1.29 is 29.1 Å². The summed E-state index contributed by atoms with van der Waals surface area (Å²) < 4.78 is 10.1. The third-order valence-corrected chi connectivity index (χ3v) is 4.83. The van der Waals surface area contributed by atoms with Gasteiger partial charge in [-0.25, -0.2) is 10.3 Å². The molecule has 2 amide bonds. The normalized spacial score (nSPS) is 13.7. The van der Waals surface area contributed by atoms with Gasteiger partial charge in [-0.3, -0.25) is 14.8 Å². The van der Waals surface area contributed by atoms with Gasteiger partial charge < -0.3 is 14.8 Å². The lowest BCUT2D eigenvalue weighted by Crippen LogP contribution is -2.49. The Hall–Kier alpha value is -2.71. The average molecular weight is 435 g/mol. The minimum Gasteiger partial charge on any atom is -0.462 e. The highest BCUT2D eigenvalue weighted by Gasteiger charge is 2.35. The van der Waals surface area contributed by atoms with E-state index in [0.717, 1.165) is 5.56 Å². The largest absolute Gasteiger partial charge is 0.462 e. The van der Waals surface area contributed by atoms with Crippen molar-refractivity contribution in [1.29, 1.82) is 0 Å². The first-order chi connectivity index (χ1) is 14.8. The topological polar surface area (TPSA) is 114 Å². The maximum absolute atomic E-state index is 13.2. The molecule has 8 heteroatoms. The van der Waals surface area contributed by atoms with Gasteiger partial charge in [0.05, 0.1) is 18.4 Å². The average Bonchev–Trinajstić information content (AvgIpc) is 2.75. The van der Waals surface area contributed by atoms with Gasteiger partial charge in [-0.05, 0) is 24.3 Å². The molecule has 1 unspecified atom stereocenters. The number of rotatable bonds is 14. The first kappa shape index (κ1) is 26.3. The number of methoxy groups -OCH3 is 1. The van der Waals surface area contributed by atoms with E-state index in [2.05, 4.69) is 11.9 Å². The highest BCUT2D eigenvalue weighted by Crippen LogP contribution is 2.25. The molecule has 0 aliphatic carbocycles. The number of hydroxylamine groups is 1. The van der Waals surface area contributed by atoms with E-state index in [1.54, 1.807) is 5.48 Å². The lowest BCUT2D eigenvalue weighted by Gasteiger charge is -2.27. The number of esters is 1. The molecule has 3 N–H and O–H groups in total. The van der Waals surface area contributed by atoms with Crippen LogP contribution in [0.25, 0.3) is 0 Å². The predicted octanol–water partition coefficient (Wildman–Crippen LogP) is 2.26. The molecule has 0 aliphatic rings. The summed E-state index contributed by atoms with van der Waals surface area (Å²) in [4.78, 5) is 38.1. The smallest absolute Gasteiger partial charge is 0.329 e. The van der Waals surface area contributed by atoms with Gasteiger partial charge in [0.2, 0.25) is 11.8 Å². The molecule has 0 bridgehead atoms. The van der Waals surface area contributed by atoms with Gasteiger partial charge in [0, 0.05) is 13.5 Å². The number of hydrogen-bond acceptors (Lipinski definition) is 6. The van der Waals surface area contributed by atoms with Crippen molar-refractivity contribution in [3.05, 3.63) is 48.6 Å². The second-order valence-corrected chi connectivity index (χ2v) is 7.75. The minimum atomic E-state index is -0.928. The number of carbonyl (C=O) groups excluding carboxylic acids is 3. The maximum atomic E-state index is 13.2. The number of carbonyl (C=O) groups is 3. The molecule has 8 nitrogen and oxygen atoms in total. The first-order valence-electron chi connectivity index (χ1n) is 10.4. The summed E-state index contributed by atoms with van der Waals surface area (Å²) in [7, 11) is 1.50. The van der Waals surface area contributed by atoms with Crippen molar-refractivity contribution in [1.82, 2.24) is 10.8 Å². The summed E-state index contributed by atoms with van der Waals surface area (Å²) in [5.41, 5.74) is 2.49. The Labute approximate surface area is 184 Å². The van der Waals surface area contributed by atoms with Crippen LogP contribution in [0, 0.1) is 17.8 Å². The molecular weight excluding hydrogens is 400 g/mol. The van der Waals surface area contributed by atoms with Crippen LogP contribution < -0.4 is 10.8 Å². The Balaban J connectivity index is 3.09. The van der Waals surface area contributed by atoms with Crippen LogP contribution in [0.5, 0.6) is 0 Å². The van der Waals surface area contributed by atoms with Crippen LogP contribution in [0.1, 0.15) is 32.3 Å². The number of nitrogens with one attached hydrogen (secondary N) is 2. The molecular formula is C23H34N2O6. The van der Waals surface area contributed by atoms with E-state index in [1.165, 1.54) is 13.2 Å². The van der Waals surface area contributed by atoms with Crippen LogP contribution in [0.2, 0.25) is 0 Å². The second kappa shape index (κ2) is 14.3. The van der Waals surface area contributed by atoms with Gasteiger partial charge in [0.1, 0.15) is 12.6 Å². The fourth-order valence-corrected chi connectivity index (χ4v) is 3.33. The van der Waals surface area contributed by atoms with Crippen LogP contribution in [-0.4, -0.2) is 49.4 Å². The van der Waals surface area contributed by atoms with Crippen LogP contribution >= 0.6 is 0 Å². The Morgan fingerprint density at radius 1 is 1.10 bits per heavy atom. The van der Waals surface area contributed by atoms with Crippen molar-refractivity contribution >= 4 is 17.8 Å². The standard InChI is InChI=1S/C23H34N2O6/c1-5-9-18(22(27)25-29)19(14-16(2)3)21(26)24-20(23(28)31-13-12-30-4)15-17-10-7-6-8-11-17/h5-8,10-11,16,18-20,29H,1,9,12-15H2,2-4H3,(H,24,26)(H,25,27)/t18-,19+,20?/m0/s1. The Morgan fingerprint density at radius 3 is 2.32 bits per heavy atom. The summed E-state index contributed by atoms with van der Waals surface area (Å²) in [6, 6.07) is 8.33. The first-order valence-corrected chi connectivity index (χ1v) is 10.4. The van der Waals surface area contributed by atoms with E-state index in [4.69, 9.17) is 14.7 Å². The Kier molecular flexibility index (Phi) is 12.2. The van der Waals surface area contributed by atoms with Gasteiger partial charge in [0.15, 0.2) is 0 Å². The van der Waals surface area contributed by atoms with Crippen LogP contribution in [0.15, 0.2) is 43.0 Å². The molecule has 1 aromatic carbocycles. The second-order valence-electron chi connectivity index (χ2n) is 7.75. The molecule has 3 atom stereocenters. The third kappa shape index (κ3) is 9.31. The molecule has 1 aromatic rings. The van der Waals surface area contributed by atoms with Gasteiger partial charge >= 0.3 is 5.97 Å². The van der Waals surface area contributed by atoms with E-state index in [1.807, 2.05) is 44.2 Å². The van der Waals surface area contributed by atoms with Crippen molar-refractivity contribution in [2.75, 3.05) is 20.3 Å². The predicted molar refractivity (Wildman–Crippen MR) is 116 cm³/mol. The number of amides is 2. The molecule has 0 saturated heterocycles. The highest BCUT2D eigenvalue weighted by atomic mass is 16.6. The van der Waals surface area contributed by atoms with Gasteiger partial charge in [-0.1, -0.05) is 50.3 Å². The molecule has 172 valence electrons. The summed E-state index contributed by atoms with van der Waals surface area (Å²) in [6.45, 7) is 7.82. The van der Waals surface area contributed by atoms with E-state index >= 15 is 0 Å². The summed E-state index contributed by atoms with van der Waals surface area (Å²) >= 11 is 0. The van der Waals surface area contributed by atoms with Crippen molar-refractivity contribution in [3.63, 3.8) is 0 Å². The number of ether oxygens (including phenoxy) is 2. The molecule has 1 rings (SSSR count). The lowest BCUT2D eigenvalue weighted by atomic mass is 9.82. The molecule has 0 aromatic heterocycles. The zero-order valence-electron chi connectivity index (χ0n) is 18.5. The van der Waals surface area contributed by atoms with Crippen molar-refractivity contribution in [3.8, 4) is 0 Å². The number of allylic oxidation sites excluding steroid dienone is 1. The fourth-order valence-electron chi connectivity index (χ4n) is 3.33. The maximum Gasteiger partial charge on any atom is 0.329 e. The fraction of sp³-hybridized carbons (Fsp3) is 0.522. The van der Waals surface area contributed by atoms with Crippen molar-refractivity contribution in [2.45, 2.75) is 39.2 Å². The van der Waals surface area contributed by atoms with E-state index in [-0.39, 0.29) is 32.0 Å². The van der Waals surface area contributed by atoms with Crippen molar-refractivity contribution in [2.24, 2.45) is 17.8 Å². The SMILES string of the molecule is C=CC[C@H](C(=O)NO)[C@@H](CC(C)C)C(=O)NC(Cc1ccccc1)C(=O)OCCOC. The molecule has 0 aliphatic heterocycles. The van der Waals surface area contributed by atoms with Crippen LogP contribution in [0.4, 0.5) is 0 Å². The van der Waals surface area contributed by atoms with E-state index < -0.39 is 35.7 Å². The molecule has 0 fully saturated rings. The summed E-state index contributed by atoms with van der Waals surface area (Å²) in [6.07, 6.45) is 2.37. The molecule has 0 heterocycles. The highest BCUT2D eigenvalue weighted by molar-refractivity contribution is 5.90. The molecule has 31 heavy (non-hydrogen) atoms. The summed E-state index contributed by atoms with van der Waals surface area (Å²) in [5, 5.41) is 11.9. The molecule has 0 radical (unpaired) electrons. The zero-order valence-corrected chi connectivity index (χ0v) is 18.5. The molecule has 0 spiro atoms. The van der Waals surface area contributed by atoms with E-state index in [9.17, 15) is 14.4 Å². The zero-order chi connectivity index (χ0) is 23.2. The van der Waals surface area contributed by atoms with Crippen LogP contribution in [-0.2, 0) is 30.3 Å². The van der Waals surface area contributed by atoms with Gasteiger partial charge in [-0.15, -0.1) is 6.58 Å². The quantitative estimate of drug-likeness (QED) is 0.136. The Bertz CT molecular complexity index is 707. The number of benzene rings is 1. The molecule has 0 saturated carbocycles. The number of hydrogen-bond donors (Lipinski definition) is 3. The van der Waals surface area contributed by atoms with Gasteiger partial charge in [-0.2, -0.15) is 0 Å². The summed E-state index contributed by atoms with van der Waals surface area (Å²) in [5.74, 6) is -3.15.